The van der Waals surface area contributed by atoms with E-state index in [9.17, 15) is 8.42 Å². The van der Waals surface area contributed by atoms with E-state index < -0.39 is 15.2 Å². The largest absolute Gasteiger partial charge is 0.338 e. The summed E-state index contributed by atoms with van der Waals surface area (Å²) in [5.41, 5.74) is 0.762. The molecule has 0 spiro atoms. The highest BCUT2D eigenvalue weighted by atomic mass is 32.2. The van der Waals surface area contributed by atoms with Crippen molar-refractivity contribution >= 4 is 27.4 Å². The lowest BCUT2D eigenvalue weighted by Gasteiger charge is -2.35. The third-order valence-electron chi connectivity index (χ3n) is 2.91. The molecule has 0 radical (unpaired) electrons. The van der Waals surface area contributed by atoms with E-state index in [1.165, 1.54) is 6.26 Å². The van der Waals surface area contributed by atoms with Crippen LogP contribution in [-0.4, -0.2) is 48.8 Å². The zero-order valence-corrected chi connectivity index (χ0v) is 11.8. The summed E-state index contributed by atoms with van der Waals surface area (Å²) in [5.74, 6) is 1.70. The highest BCUT2D eigenvalue weighted by Gasteiger charge is 2.32. The number of rotatable bonds is 2. The molecule has 1 heterocycles. The van der Waals surface area contributed by atoms with Crippen molar-refractivity contribution in [3.8, 4) is 0 Å². The third kappa shape index (κ3) is 2.87. The second-order valence-corrected chi connectivity index (χ2v) is 7.62. The van der Waals surface area contributed by atoms with Gasteiger partial charge in [0.25, 0.3) is 0 Å². The van der Waals surface area contributed by atoms with Gasteiger partial charge in [-0.1, -0.05) is 30.3 Å². The van der Waals surface area contributed by atoms with Crippen molar-refractivity contribution in [3.05, 3.63) is 35.9 Å². The molecule has 4 nitrogen and oxygen atoms in total. The van der Waals surface area contributed by atoms with E-state index in [0.29, 0.717) is 18.1 Å². The number of amidine groups is 1. The van der Waals surface area contributed by atoms with Crippen molar-refractivity contribution in [2.24, 2.45) is 0 Å². The van der Waals surface area contributed by atoms with E-state index in [1.807, 2.05) is 30.3 Å². The van der Waals surface area contributed by atoms with Gasteiger partial charge in [-0.3, -0.25) is 5.41 Å². The van der Waals surface area contributed by atoms with Gasteiger partial charge >= 0.3 is 0 Å². The Morgan fingerprint density at radius 2 is 2.06 bits per heavy atom. The van der Waals surface area contributed by atoms with Crippen LogP contribution in [0.2, 0.25) is 0 Å². The van der Waals surface area contributed by atoms with Crippen molar-refractivity contribution in [1.82, 2.24) is 4.90 Å². The quantitative estimate of drug-likeness (QED) is 0.659. The molecular weight excluding hydrogens is 268 g/mol. The van der Waals surface area contributed by atoms with E-state index in [-0.39, 0.29) is 0 Å². The fraction of sp³-hybridized carbons (Fsp3) is 0.417. The first-order chi connectivity index (χ1) is 8.50. The highest BCUT2D eigenvalue weighted by Crippen LogP contribution is 2.22. The summed E-state index contributed by atoms with van der Waals surface area (Å²) in [5, 5.41) is 7.61. The molecule has 1 atom stereocenters. The van der Waals surface area contributed by atoms with Gasteiger partial charge in [0.1, 0.15) is 11.2 Å². The minimum atomic E-state index is -3.16. The van der Waals surface area contributed by atoms with Crippen molar-refractivity contribution < 1.29 is 8.42 Å². The molecule has 0 aromatic heterocycles. The van der Waals surface area contributed by atoms with Crippen LogP contribution < -0.4 is 0 Å². The SMILES string of the molecule is CS(=O)(=O)C1CSCCN1C(=N)c1ccccc1. The van der Waals surface area contributed by atoms with Gasteiger partial charge in [-0.2, -0.15) is 11.8 Å². The smallest absolute Gasteiger partial charge is 0.169 e. The monoisotopic (exact) mass is 284 g/mol. The molecule has 0 saturated carbocycles. The molecule has 1 N–H and O–H groups in total. The summed E-state index contributed by atoms with van der Waals surface area (Å²) in [6.45, 7) is 0.607. The topological polar surface area (TPSA) is 61.2 Å². The number of hydrogen-bond donors (Lipinski definition) is 1. The van der Waals surface area contributed by atoms with Crippen molar-refractivity contribution in [2.75, 3.05) is 24.3 Å². The number of benzene rings is 1. The molecule has 0 aliphatic carbocycles. The summed E-state index contributed by atoms with van der Waals surface area (Å²) < 4.78 is 23.6. The number of nitrogens with one attached hydrogen (secondary N) is 1. The summed E-state index contributed by atoms with van der Waals surface area (Å²) in [7, 11) is -3.16. The van der Waals surface area contributed by atoms with E-state index in [1.54, 1.807) is 16.7 Å². The second-order valence-electron chi connectivity index (χ2n) is 4.27. The van der Waals surface area contributed by atoms with Gasteiger partial charge in [0.05, 0.1) is 0 Å². The second kappa shape index (κ2) is 5.32. The molecule has 98 valence electrons. The summed E-state index contributed by atoms with van der Waals surface area (Å²) in [6.07, 6.45) is 1.24. The lowest BCUT2D eigenvalue weighted by atomic mass is 10.2. The van der Waals surface area contributed by atoms with Crippen LogP contribution in [0.25, 0.3) is 0 Å². The molecule has 0 amide bonds. The molecule has 2 rings (SSSR count). The minimum absolute atomic E-state index is 0.298. The molecule has 0 bridgehead atoms. The van der Waals surface area contributed by atoms with E-state index in [4.69, 9.17) is 5.41 Å². The lowest BCUT2D eigenvalue weighted by molar-refractivity contribution is 0.409. The van der Waals surface area contributed by atoms with Crippen molar-refractivity contribution in [2.45, 2.75) is 5.37 Å². The Bertz CT molecular complexity index is 528. The zero-order chi connectivity index (χ0) is 13.2. The Morgan fingerprint density at radius 1 is 1.39 bits per heavy atom. The molecular formula is C12H16N2O2S2. The van der Waals surface area contributed by atoms with Crippen LogP contribution in [-0.2, 0) is 9.84 Å². The average Bonchev–Trinajstić information content (AvgIpc) is 2.38. The van der Waals surface area contributed by atoms with E-state index in [0.717, 1.165) is 11.3 Å². The Balaban J connectivity index is 2.28. The van der Waals surface area contributed by atoms with Crippen molar-refractivity contribution in [1.29, 1.82) is 5.41 Å². The van der Waals surface area contributed by atoms with Gasteiger partial charge in [0.2, 0.25) is 0 Å². The number of hydrogen-bond acceptors (Lipinski definition) is 4. The van der Waals surface area contributed by atoms with Crippen LogP contribution in [0.1, 0.15) is 5.56 Å². The van der Waals surface area contributed by atoms with Crippen LogP contribution >= 0.6 is 11.8 Å². The first kappa shape index (κ1) is 13.4. The van der Waals surface area contributed by atoms with E-state index >= 15 is 0 Å². The van der Waals surface area contributed by atoms with Gasteiger partial charge in [-0.15, -0.1) is 0 Å². The number of sulfone groups is 1. The predicted octanol–water partition coefficient (Wildman–Crippen LogP) is 1.43. The summed E-state index contributed by atoms with van der Waals surface area (Å²) in [6, 6.07) is 9.28. The Hall–Kier alpha value is -1.01. The zero-order valence-electron chi connectivity index (χ0n) is 10.2. The van der Waals surface area contributed by atoms with Gasteiger partial charge < -0.3 is 4.90 Å². The molecule has 1 aliphatic heterocycles. The molecule has 1 aliphatic rings. The van der Waals surface area contributed by atoms with Crippen LogP contribution in [0.3, 0.4) is 0 Å². The first-order valence-electron chi connectivity index (χ1n) is 5.67. The molecule has 1 aromatic carbocycles. The molecule has 1 unspecified atom stereocenters. The first-order valence-corrected chi connectivity index (χ1v) is 8.78. The molecule has 6 heteroatoms. The standard InChI is InChI=1S/C12H16N2O2S2/c1-18(15,16)11-9-17-8-7-14(11)12(13)10-5-3-2-4-6-10/h2-6,11,13H,7-9H2,1H3. The van der Waals surface area contributed by atoms with Gasteiger partial charge in [0.15, 0.2) is 9.84 Å². The predicted molar refractivity (Wildman–Crippen MR) is 75.9 cm³/mol. The third-order valence-corrected chi connectivity index (χ3v) is 5.56. The maximum atomic E-state index is 11.8. The fourth-order valence-corrected chi connectivity index (χ4v) is 4.78. The molecule has 1 fully saturated rings. The average molecular weight is 284 g/mol. The van der Waals surface area contributed by atoms with Gasteiger partial charge in [-0.25, -0.2) is 8.42 Å². The Morgan fingerprint density at radius 3 is 2.67 bits per heavy atom. The fourth-order valence-electron chi connectivity index (χ4n) is 1.95. The van der Waals surface area contributed by atoms with Crippen LogP contribution in [0.15, 0.2) is 30.3 Å². The maximum absolute atomic E-state index is 11.8. The minimum Gasteiger partial charge on any atom is -0.338 e. The number of thioether (sulfide) groups is 1. The molecule has 18 heavy (non-hydrogen) atoms. The van der Waals surface area contributed by atoms with Crippen LogP contribution in [0, 0.1) is 5.41 Å². The van der Waals surface area contributed by atoms with Gasteiger partial charge in [-0.05, 0) is 0 Å². The van der Waals surface area contributed by atoms with Gasteiger partial charge in [0, 0.05) is 29.9 Å². The summed E-state index contributed by atoms with van der Waals surface area (Å²) in [4.78, 5) is 1.70. The van der Waals surface area contributed by atoms with Crippen LogP contribution in [0.4, 0.5) is 0 Å². The molecule has 1 saturated heterocycles. The Kier molecular flexibility index (Phi) is 3.97. The normalized spacial score (nSPS) is 20.7. The number of nitrogens with zero attached hydrogens (tertiary/aromatic N) is 1. The Labute approximate surface area is 112 Å². The molecule has 1 aromatic rings. The van der Waals surface area contributed by atoms with Crippen molar-refractivity contribution in [3.63, 3.8) is 0 Å². The van der Waals surface area contributed by atoms with E-state index in [2.05, 4.69) is 0 Å². The summed E-state index contributed by atoms with van der Waals surface area (Å²) >= 11 is 1.63. The van der Waals surface area contributed by atoms with Crippen LogP contribution in [0.5, 0.6) is 0 Å². The lowest BCUT2D eigenvalue weighted by Crippen LogP contribution is -2.49. The maximum Gasteiger partial charge on any atom is 0.169 e. The highest BCUT2D eigenvalue weighted by molar-refractivity contribution is 8.00.